The third-order valence-corrected chi connectivity index (χ3v) is 3.99. The Morgan fingerprint density at radius 3 is 2.88 bits per heavy atom. The lowest BCUT2D eigenvalue weighted by Crippen LogP contribution is -2.36. The van der Waals surface area contributed by atoms with Gasteiger partial charge in [-0.25, -0.2) is 0 Å². The van der Waals surface area contributed by atoms with Crippen LogP contribution in [0.1, 0.15) is 49.5 Å². The number of nitrogens with zero attached hydrogens (tertiary/aromatic N) is 4. The van der Waals surface area contributed by atoms with Gasteiger partial charge in [0.15, 0.2) is 11.2 Å². The lowest BCUT2D eigenvalue weighted by Gasteiger charge is -2.15. The van der Waals surface area contributed by atoms with Crippen LogP contribution in [0, 0.1) is 5.92 Å². The summed E-state index contributed by atoms with van der Waals surface area (Å²) in [6, 6.07) is 0.0713. The highest BCUT2D eigenvalue weighted by Gasteiger charge is 2.29. The number of hydrogen-bond acceptors (Lipinski definition) is 6. The van der Waals surface area contributed by atoms with Gasteiger partial charge in [0.05, 0.1) is 18.0 Å². The van der Waals surface area contributed by atoms with Crippen LogP contribution in [0.2, 0.25) is 0 Å². The molecule has 0 aromatic carbocycles. The minimum Gasteiger partial charge on any atom is -0.492 e. The van der Waals surface area contributed by atoms with E-state index < -0.39 is 17.3 Å². The van der Waals surface area contributed by atoms with Crippen LogP contribution >= 0.6 is 0 Å². The minimum absolute atomic E-state index is 0.0713. The molecule has 0 atom stereocenters. The molecule has 26 heavy (non-hydrogen) atoms. The standard InChI is InChI=1S/C17H23N5O4/c1-4-26-19-8-11-7-18-22-15(11)21(9-10(2)3)16(24)13(17(22)25)14(23)20-12-5-6-12/h7-8,10,12,25H,4-6,9H2,1-3H3,(H,20,23)/b19-8+. The molecular formula is C17H23N5O4. The van der Waals surface area contributed by atoms with Gasteiger partial charge in [-0.15, -0.1) is 0 Å². The van der Waals surface area contributed by atoms with E-state index in [-0.39, 0.29) is 17.5 Å². The molecule has 3 rings (SSSR count). The van der Waals surface area contributed by atoms with Gasteiger partial charge in [-0.2, -0.15) is 9.61 Å². The van der Waals surface area contributed by atoms with Crippen LogP contribution in [0.25, 0.3) is 5.65 Å². The topological polar surface area (TPSA) is 110 Å². The van der Waals surface area contributed by atoms with Crippen LogP contribution in [0.15, 0.2) is 16.1 Å². The monoisotopic (exact) mass is 361 g/mol. The van der Waals surface area contributed by atoms with E-state index in [4.69, 9.17) is 4.84 Å². The fourth-order valence-electron chi connectivity index (χ4n) is 2.69. The van der Waals surface area contributed by atoms with Crippen molar-refractivity contribution in [2.45, 2.75) is 46.2 Å². The minimum atomic E-state index is -0.575. The molecule has 0 radical (unpaired) electrons. The van der Waals surface area contributed by atoms with Gasteiger partial charge in [0.25, 0.3) is 11.5 Å². The summed E-state index contributed by atoms with van der Waals surface area (Å²) >= 11 is 0. The van der Waals surface area contributed by atoms with Crippen molar-refractivity contribution in [2.75, 3.05) is 6.61 Å². The van der Waals surface area contributed by atoms with Gasteiger partial charge in [0.1, 0.15) is 6.61 Å². The number of carbonyl (C=O) groups excluding carboxylic acids is 1. The summed E-state index contributed by atoms with van der Waals surface area (Å²) in [5, 5.41) is 21.2. The fraction of sp³-hybridized carbons (Fsp3) is 0.529. The predicted molar refractivity (Wildman–Crippen MR) is 95.7 cm³/mol. The molecule has 0 bridgehead atoms. The Kier molecular flexibility index (Phi) is 4.97. The number of nitrogens with one attached hydrogen (secondary N) is 1. The van der Waals surface area contributed by atoms with Gasteiger partial charge in [-0.3, -0.25) is 14.2 Å². The second-order valence-corrected chi connectivity index (χ2v) is 6.74. The molecule has 2 aromatic rings. The van der Waals surface area contributed by atoms with Gasteiger partial charge >= 0.3 is 0 Å². The first-order valence-corrected chi connectivity index (χ1v) is 8.73. The SMILES string of the molecule is CCO/N=C/c1cnn2c(O)c(C(=O)NC3CC3)c(=O)n(CC(C)C)c12. The number of fused-ring (bicyclic) bond motifs is 1. The predicted octanol–water partition coefficient (Wildman–Crippen LogP) is 1.12. The molecule has 0 saturated heterocycles. The van der Waals surface area contributed by atoms with Gasteiger partial charge < -0.3 is 15.3 Å². The Bertz CT molecular complexity index is 908. The fourth-order valence-corrected chi connectivity index (χ4v) is 2.69. The van der Waals surface area contributed by atoms with Crippen molar-refractivity contribution in [3.8, 4) is 5.88 Å². The van der Waals surface area contributed by atoms with E-state index in [1.54, 1.807) is 6.92 Å². The van der Waals surface area contributed by atoms with Gasteiger partial charge in [-0.1, -0.05) is 19.0 Å². The smallest absolute Gasteiger partial charge is 0.270 e. The quantitative estimate of drug-likeness (QED) is 0.567. The van der Waals surface area contributed by atoms with Crippen molar-refractivity contribution in [3.05, 3.63) is 27.7 Å². The van der Waals surface area contributed by atoms with Crippen molar-refractivity contribution < 1.29 is 14.7 Å². The summed E-state index contributed by atoms with van der Waals surface area (Å²) in [7, 11) is 0. The lowest BCUT2D eigenvalue weighted by molar-refractivity contribution is 0.0944. The van der Waals surface area contributed by atoms with Crippen molar-refractivity contribution in [3.63, 3.8) is 0 Å². The van der Waals surface area contributed by atoms with Crippen molar-refractivity contribution in [2.24, 2.45) is 11.1 Å². The van der Waals surface area contributed by atoms with Crippen LogP contribution in [0.4, 0.5) is 0 Å². The first kappa shape index (κ1) is 18.0. The molecule has 140 valence electrons. The molecule has 1 saturated carbocycles. The van der Waals surface area contributed by atoms with E-state index in [0.717, 1.165) is 12.8 Å². The maximum atomic E-state index is 13.0. The van der Waals surface area contributed by atoms with Crippen molar-refractivity contribution >= 4 is 17.8 Å². The highest BCUT2D eigenvalue weighted by Crippen LogP contribution is 2.22. The number of amides is 1. The molecule has 0 aliphatic heterocycles. The van der Waals surface area contributed by atoms with E-state index in [1.165, 1.54) is 21.5 Å². The molecule has 2 N–H and O–H groups in total. The molecule has 2 aromatic heterocycles. The van der Waals surface area contributed by atoms with Crippen LogP contribution in [-0.4, -0.2) is 44.1 Å². The first-order valence-electron chi connectivity index (χ1n) is 8.73. The number of oxime groups is 1. The van der Waals surface area contributed by atoms with E-state index >= 15 is 0 Å². The second-order valence-electron chi connectivity index (χ2n) is 6.74. The summed E-state index contributed by atoms with van der Waals surface area (Å²) in [4.78, 5) is 30.4. The van der Waals surface area contributed by atoms with Crippen LogP contribution < -0.4 is 10.9 Å². The maximum Gasteiger partial charge on any atom is 0.270 e. The molecule has 1 aliphatic carbocycles. The highest BCUT2D eigenvalue weighted by molar-refractivity contribution is 5.97. The Morgan fingerprint density at radius 1 is 1.54 bits per heavy atom. The summed E-state index contributed by atoms with van der Waals surface area (Å²) < 4.78 is 2.64. The number of hydrogen-bond donors (Lipinski definition) is 2. The molecule has 2 heterocycles. The second kappa shape index (κ2) is 7.19. The Morgan fingerprint density at radius 2 is 2.27 bits per heavy atom. The molecular weight excluding hydrogens is 338 g/mol. The van der Waals surface area contributed by atoms with E-state index in [9.17, 15) is 14.7 Å². The normalized spacial score (nSPS) is 14.5. The third-order valence-electron chi connectivity index (χ3n) is 3.99. The summed E-state index contributed by atoms with van der Waals surface area (Å²) in [5.74, 6) is -0.902. The summed E-state index contributed by atoms with van der Waals surface area (Å²) in [6.45, 7) is 6.51. The molecule has 9 heteroatoms. The molecule has 1 aliphatic rings. The molecule has 0 spiro atoms. The summed E-state index contributed by atoms with van der Waals surface area (Å²) in [5.41, 5.74) is 0.0446. The maximum absolute atomic E-state index is 13.0. The average Bonchev–Trinajstić information content (AvgIpc) is 3.28. The zero-order chi connectivity index (χ0) is 18.8. The number of rotatable bonds is 7. The zero-order valence-corrected chi connectivity index (χ0v) is 15.1. The van der Waals surface area contributed by atoms with E-state index in [1.807, 2.05) is 13.8 Å². The molecule has 0 unspecified atom stereocenters. The Balaban J connectivity index is 2.18. The van der Waals surface area contributed by atoms with E-state index in [0.29, 0.717) is 24.4 Å². The van der Waals surface area contributed by atoms with Crippen molar-refractivity contribution in [1.29, 1.82) is 0 Å². The van der Waals surface area contributed by atoms with E-state index in [2.05, 4.69) is 15.6 Å². The molecule has 1 amide bonds. The third kappa shape index (κ3) is 3.42. The Hall–Kier alpha value is -2.84. The van der Waals surface area contributed by atoms with Crippen LogP contribution in [-0.2, 0) is 11.4 Å². The number of carbonyl (C=O) groups is 1. The first-order chi connectivity index (χ1) is 12.4. The largest absolute Gasteiger partial charge is 0.492 e. The van der Waals surface area contributed by atoms with Crippen molar-refractivity contribution in [1.82, 2.24) is 19.5 Å². The number of aromatic nitrogens is 3. The highest BCUT2D eigenvalue weighted by atomic mass is 16.6. The average molecular weight is 361 g/mol. The van der Waals surface area contributed by atoms with Gasteiger partial charge in [-0.05, 0) is 25.7 Å². The zero-order valence-electron chi connectivity index (χ0n) is 15.1. The number of aromatic hydroxyl groups is 1. The van der Waals surface area contributed by atoms with Gasteiger partial charge in [0, 0.05) is 12.6 Å². The molecule has 9 nitrogen and oxygen atoms in total. The Labute approximate surface area is 150 Å². The van der Waals surface area contributed by atoms with Crippen LogP contribution in [0.5, 0.6) is 5.88 Å². The van der Waals surface area contributed by atoms with Crippen LogP contribution in [0.3, 0.4) is 0 Å². The lowest BCUT2D eigenvalue weighted by atomic mass is 10.2. The molecule has 1 fully saturated rings. The summed E-state index contributed by atoms with van der Waals surface area (Å²) in [6.07, 6.45) is 4.67. The van der Waals surface area contributed by atoms with Gasteiger partial charge in [0.2, 0.25) is 5.88 Å².